The van der Waals surface area contributed by atoms with Crippen molar-refractivity contribution < 1.29 is 14.5 Å². The van der Waals surface area contributed by atoms with Gasteiger partial charge in [-0.15, -0.1) is 0 Å². The number of benzene rings is 3. The van der Waals surface area contributed by atoms with Gasteiger partial charge in [-0.1, -0.05) is 42.5 Å². The largest absolute Gasteiger partial charge is 0.481 e. The Balaban J connectivity index is 1.38. The van der Waals surface area contributed by atoms with E-state index < -0.39 is 6.10 Å². The summed E-state index contributed by atoms with van der Waals surface area (Å²) in [5.41, 5.74) is 1.53. The highest BCUT2D eigenvalue weighted by Crippen LogP contribution is 2.62. The van der Waals surface area contributed by atoms with Crippen molar-refractivity contribution in [2.24, 2.45) is 23.2 Å². The molecule has 0 spiro atoms. The van der Waals surface area contributed by atoms with Gasteiger partial charge in [-0.05, 0) is 78.7 Å². The molecule has 34 heavy (non-hydrogen) atoms. The lowest BCUT2D eigenvalue weighted by atomic mass is 9.48. The molecule has 0 saturated heterocycles. The van der Waals surface area contributed by atoms with Gasteiger partial charge in [-0.25, -0.2) is 0 Å². The maximum absolute atomic E-state index is 14.4. The highest BCUT2D eigenvalue weighted by Gasteiger charge is 2.58. The number of carbonyl (C=O) groups excluding carboxylic acids is 1. The minimum Gasteiger partial charge on any atom is -0.481 e. The van der Waals surface area contributed by atoms with E-state index in [1.54, 1.807) is 12.1 Å². The van der Waals surface area contributed by atoms with Crippen LogP contribution in [0.15, 0.2) is 60.7 Å². The lowest BCUT2D eigenvalue weighted by Gasteiger charge is -2.56. The maximum Gasteiger partial charge on any atom is 0.269 e. The third-order valence-electron chi connectivity index (χ3n) is 9.06. The molecule has 5 nitrogen and oxygen atoms in total. The molecule has 4 bridgehead atoms. The van der Waals surface area contributed by atoms with Crippen molar-refractivity contribution in [1.29, 1.82) is 0 Å². The van der Waals surface area contributed by atoms with Gasteiger partial charge >= 0.3 is 0 Å². The number of nitro groups is 1. The topological polar surface area (TPSA) is 69.4 Å². The molecule has 0 radical (unpaired) electrons. The first-order valence-corrected chi connectivity index (χ1v) is 12.5. The Labute approximate surface area is 198 Å². The van der Waals surface area contributed by atoms with Crippen LogP contribution in [0, 0.1) is 33.3 Å². The average Bonchev–Trinajstić information content (AvgIpc) is 3.23. The number of nitro benzene ring substituents is 1. The zero-order valence-corrected chi connectivity index (χ0v) is 19.0. The lowest BCUT2D eigenvalue weighted by Crippen LogP contribution is -2.54. The zero-order chi connectivity index (χ0) is 23.0. The van der Waals surface area contributed by atoms with E-state index in [1.807, 2.05) is 30.3 Å². The van der Waals surface area contributed by atoms with Crippen LogP contribution in [0.2, 0.25) is 0 Å². The molecule has 2 atom stereocenters. The van der Waals surface area contributed by atoms with E-state index in [2.05, 4.69) is 12.1 Å². The highest BCUT2D eigenvalue weighted by molar-refractivity contribution is 5.96. The van der Waals surface area contributed by atoms with Crippen LogP contribution in [0.1, 0.15) is 55.6 Å². The number of hydrogen-bond acceptors (Lipinski definition) is 4. The minimum absolute atomic E-state index is 0.0483. The fourth-order valence-corrected chi connectivity index (χ4v) is 8.15. The molecule has 0 aromatic heterocycles. The molecule has 0 N–H and O–H groups in total. The van der Waals surface area contributed by atoms with Crippen LogP contribution < -0.4 is 4.74 Å². The van der Waals surface area contributed by atoms with Gasteiger partial charge in [0, 0.05) is 23.1 Å². The van der Waals surface area contributed by atoms with Crippen LogP contribution in [0.4, 0.5) is 5.69 Å². The molecule has 1 aliphatic heterocycles. The van der Waals surface area contributed by atoms with Crippen molar-refractivity contribution in [3.8, 4) is 5.75 Å². The van der Waals surface area contributed by atoms with Gasteiger partial charge in [0.05, 0.1) is 10.8 Å². The lowest BCUT2D eigenvalue weighted by molar-refractivity contribution is -0.384. The quantitative estimate of drug-likeness (QED) is 0.337. The number of non-ortho nitro benzene ring substituents is 1. The summed E-state index contributed by atoms with van der Waals surface area (Å²) in [6.07, 6.45) is 6.13. The Morgan fingerprint density at radius 1 is 0.912 bits per heavy atom. The number of hydrogen-bond donors (Lipinski definition) is 0. The summed E-state index contributed by atoms with van der Waals surface area (Å²) in [4.78, 5) is 25.7. The van der Waals surface area contributed by atoms with Gasteiger partial charge in [0.2, 0.25) is 0 Å². The third kappa shape index (κ3) is 2.88. The van der Waals surface area contributed by atoms with E-state index in [0.717, 1.165) is 46.9 Å². The molecule has 3 aromatic carbocycles. The van der Waals surface area contributed by atoms with Gasteiger partial charge in [-0.2, -0.15) is 0 Å². The van der Waals surface area contributed by atoms with Crippen LogP contribution in [0.3, 0.4) is 0 Å². The van der Waals surface area contributed by atoms with Crippen molar-refractivity contribution >= 4 is 22.2 Å². The van der Waals surface area contributed by atoms with E-state index in [4.69, 9.17) is 4.74 Å². The predicted molar refractivity (Wildman–Crippen MR) is 129 cm³/mol. The molecule has 4 aliphatic carbocycles. The van der Waals surface area contributed by atoms with E-state index in [1.165, 1.54) is 25.3 Å². The molecular weight excluding hydrogens is 426 g/mol. The predicted octanol–water partition coefficient (Wildman–Crippen LogP) is 6.43. The molecule has 5 heteroatoms. The summed E-state index contributed by atoms with van der Waals surface area (Å²) < 4.78 is 6.51. The summed E-state index contributed by atoms with van der Waals surface area (Å²) in [7, 11) is 0. The van der Waals surface area contributed by atoms with Crippen molar-refractivity contribution in [3.63, 3.8) is 0 Å². The van der Waals surface area contributed by atoms with Crippen molar-refractivity contribution in [3.05, 3.63) is 81.9 Å². The average molecular weight is 454 g/mol. The van der Waals surface area contributed by atoms with E-state index in [-0.39, 0.29) is 27.7 Å². The number of rotatable bonds is 4. The van der Waals surface area contributed by atoms with Crippen molar-refractivity contribution in [1.82, 2.24) is 0 Å². The number of ketones is 1. The first-order chi connectivity index (χ1) is 16.5. The Kier molecular flexibility index (Phi) is 4.24. The molecule has 8 rings (SSSR count). The molecule has 0 amide bonds. The second-order valence-electron chi connectivity index (χ2n) is 11.1. The first kappa shape index (κ1) is 20.2. The molecular formula is C29H27NO4. The van der Waals surface area contributed by atoms with Crippen molar-refractivity contribution in [2.75, 3.05) is 0 Å². The standard InChI is InChI=1S/C29H27NO4/c31-28(29-14-17-10-18(15-29)12-19(11-17)16-29)27-25(21-5-3-6-22(13-21)30(32)33)26-23-7-2-1-4-20(23)8-9-24(26)34-27/h1-9,13,17-19,25,27H,10-12,14-16H2/t17?,18?,19?,25-,27-,29?/m1/s1. The number of fused-ring (bicyclic) bond motifs is 3. The summed E-state index contributed by atoms with van der Waals surface area (Å²) in [5, 5.41) is 13.7. The SMILES string of the molecule is O=C([C@@H]1Oc2ccc3ccccc3c2[C@H]1c1cccc([N+](=O)[O-])c1)C12CC3CC(CC(C3)C1)C2. The van der Waals surface area contributed by atoms with Gasteiger partial charge in [0.15, 0.2) is 11.9 Å². The molecule has 172 valence electrons. The Bertz CT molecular complexity index is 1310. The minimum atomic E-state index is -0.640. The fourth-order valence-electron chi connectivity index (χ4n) is 8.15. The third-order valence-corrected chi connectivity index (χ3v) is 9.06. The monoisotopic (exact) mass is 453 g/mol. The Morgan fingerprint density at radius 2 is 1.62 bits per heavy atom. The normalized spacial score (nSPS) is 33.0. The van der Waals surface area contributed by atoms with Crippen LogP contribution in [-0.2, 0) is 4.79 Å². The van der Waals surface area contributed by atoms with Crippen LogP contribution in [0.25, 0.3) is 10.8 Å². The first-order valence-electron chi connectivity index (χ1n) is 12.5. The smallest absolute Gasteiger partial charge is 0.269 e. The van der Waals surface area contributed by atoms with E-state index >= 15 is 0 Å². The van der Waals surface area contributed by atoms with Crippen LogP contribution in [-0.4, -0.2) is 16.8 Å². The van der Waals surface area contributed by atoms with Gasteiger partial charge in [0.1, 0.15) is 5.75 Å². The summed E-state index contributed by atoms with van der Waals surface area (Å²) >= 11 is 0. The number of ether oxygens (including phenoxy) is 1. The van der Waals surface area contributed by atoms with Gasteiger partial charge in [-0.3, -0.25) is 14.9 Å². The van der Waals surface area contributed by atoms with E-state index in [9.17, 15) is 14.9 Å². The molecule has 5 aliphatic rings. The molecule has 1 heterocycles. The second kappa shape index (κ2) is 7.14. The fraction of sp³-hybridized carbons (Fsp3) is 0.414. The molecule has 4 fully saturated rings. The summed E-state index contributed by atoms with van der Waals surface area (Å²) in [6, 6.07) is 18.9. The van der Waals surface area contributed by atoms with Crippen LogP contribution >= 0.6 is 0 Å². The number of carbonyl (C=O) groups is 1. The highest BCUT2D eigenvalue weighted by atomic mass is 16.6. The molecule has 3 aromatic rings. The van der Waals surface area contributed by atoms with Crippen molar-refractivity contribution in [2.45, 2.75) is 50.5 Å². The number of nitrogens with zero attached hydrogens (tertiary/aromatic N) is 1. The van der Waals surface area contributed by atoms with Gasteiger partial charge in [0.25, 0.3) is 5.69 Å². The molecule has 0 unspecified atom stereocenters. The Morgan fingerprint density at radius 3 is 2.32 bits per heavy atom. The van der Waals surface area contributed by atoms with Crippen LogP contribution in [0.5, 0.6) is 5.75 Å². The Hall–Kier alpha value is -3.21. The summed E-state index contributed by atoms with van der Waals surface area (Å²) in [6.45, 7) is 0. The van der Waals surface area contributed by atoms with E-state index in [0.29, 0.717) is 17.8 Å². The zero-order valence-electron chi connectivity index (χ0n) is 19.0. The summed E-state index contributed by atoms with van der Waals surface area (Å²) in [5.74, 6) is 2.60. The van der Waals surface area contributed by atoms with Gasteiger partial charge < -0.3 is 4.74 Å². The maximum atomic E-state index is 14.4. The molecule has 4 saturated carbocycles. The number of Topliss-reactive ketones (excluding diaryl/α,β-unsaturated/α-hetero) is 1. The second-order valence-corrected chi connectivity index (χ2v) is 11.1.